The van der Waals surface area contributed by atoms with Gasteiger partial charge in [0.25, 0.3) is 5.24 Å². The van der Waals surface area contributed by atoms with E-state index in [1.165, 1.54) is 0 Å². The summed E-state index contributed by atoms with van der Waals surface area (Å²) < 4.78 is 77.3. The van der Waals surface area contributed by atoms with Crippen LogP contribution in [0.5, 0.6) is 5.75 Å². The third-order valence-corrected chi connectivity index (χ3v) is 2.09. The Balaban J connectivity index is 3.75. The largest absolute Gasteiger partial charge is 0.573 e. The molecule has 0 amide bonds. The summed E-state index contributed by atoms with van der Waals surface area (Å²) in [6, 6.07) is 0. The van der Waals surface area contributed by atoms with Crippen molar-refractivity contribution in [3.05, 3.63) is 27.4 Å². The molecule has 0 saturated carbocycles. The highest BCUT2D eigenvalue weighted by atomic mass is 35.5. The normalized spacial score (nSPS) is 12.1. The third-order valence-electron chi connectivity index (χ3n) is 1.90. The summed E-state index contributed by atoms with van der Waals surface area (Å²) in [6.45, 7) is 0. The third kappa shape index (κ3) is 3.93. The average molecular weight is 339 g/mol. The Morgan fingerprint density at radius 1 is 1.29 bits per heavy atom. The average Bonchev–Trinajstić information content (AvgIpc) is 2.23. The first-order valence-corrected chi connectivity index (χ1v) is 4.92. The van der Waals surface area contributed by atoms with Gasteiger partial charge >= 0.3 is 18.4 Å². The van der Waals surface area contributed by atoms with E-state index in [9.17, 15) is 41.3 Å². The quantitative estimate of drug-likeness (QED) is 0.365. The minimum atomic E-state index is -5.64. The molecule has 1 rings (SSSR count). The highest BCUT2D eigenvalue weighted by Gasteiger charge is 2.45. The van der Waals surface area contributed by atoms with Crippen LogP contribution in [0.15, 0.2) is 6.20 Å². The number of halogens is 7. The summed E-state index contributed by atoms with van der Waals surface area (Å²) in [5.74, 6) is -3.72. The molecule has 0 aliphatic heterocycles. The van der Waals surface area contributed by atoms with Crippen LogP contribution in [0.1, 0.15) is 15.9 Å². The number of hydrogen-bond acceptors (Lipinski definition) is 5. The van der Waals surface area contributed by atoms with Gasteiger partial charge in [-0.2, -0.15) is 13.2 Å². The molecule has 0 N–H and O–H groups in total. The zero-order valence-electron chi connectivity index (χ0n) is 9.25. The molecule has 1 heterocycles. The summed E-state index contributed by atoms with van der Waals surface area (Å²) in [5.41, 5.74) is -3.87. The van der Waals surface area contributed by atoms with Crippen LogP contribution in [0.4, 0.5) is 32.2 Å². The monoisotopic (exact) mass is 338 g/mol. The first-order valence-electron chi connectivity index (χ1n) is 4.54. The molecule has 0 unspecified atom stereocenters. The van der Waals surface area contributed by atoms with Crippen molar-refractivity contribution >= 4 is 22.7 Å². The Morgan fingerprint density at radius 3 is 2.14 bits per heavy atom. The summed E-state index contributed by atoms with van der Waals surface area (Å²) in [6.07, 6.45) is -11.3. The summed E-state index contributed by atoms with van der Waals surface area (Å²) in [5, 5.41) is 8.56. The van der Waals surface area contributed by atoms with Gasteiger partial charge in [-0.3, -0.25) is 4.79 Å². The number of hydrogen-bond donors (Lipinski definition) is 0. The van der Waals surface area contributed by atoms with E-state index in [2.05, 4.69) is 9.72 Å². The van der Waals surface area contributed by atoms with Gasteiger partial charge in [0, 0.05) is 0 Å². The molecular formula is C8HClF6N2O4. The van der Waals surface area contributed by atoms with Crippen LogP contribution in [0.25, 0.3) is 0 Å². The van der Waals surface area contributed by atoms with E-state index < -0.39 is 45.4 Å². The van der Waals surface area contributed by atoms with Crippen molar-refractivity contribution in [2.24, 2.45) is 0 Å². The van der Waals surface area contributed by atoms with E-state index in [1.54, 1.807) is 0 Å². The first kappa shape index (κ1) is 16.9. The van der Waals surface area contributed by atoms with Gasteiger partial charge in [-0.05, 0) is 21.5 Å². The van der Waals surface area contributed by atoms with Crippen molar-refractivity contribution < 1.29 is 40.8 Å². The van der Waals surface area contributed by atoms with Crippen LogP contribution >= 0.6 is 11.6 Å². The molecule has 0 aliphatic carbocycles. The van der Waals surface area contributed by atoms with Crippen molar-refractivity contribution in [3.8, 4) is 5.75 Å². The number of pyridine rings is 1. The smallest absolute Gasteiger partial charge is 0.404 e. The number of alkyl halides is 6. The number of carbonyl (C=O) groups excluding carboxylic acids is 1. The molecule has 0 spiro atoms. The molecule has 1 aromatic rings. The highest BCUT2D eigenvalue weighted by Crippen LogP contribution is 2.42. The molecule has 116 valence electrons. The Kier molecular flexibility index (Phi) is 4.32. The number of aromatic nitrogens is 1. The molecule has 13 heteroatoms. The van der Waals surface area contributed by atoms with E-state index in [1.807, 2.05) is 0 Å². The van der Waals surface area contributed by atoms with E-state index in [-0.39, 0.29) is 6.20 Å². The molecule has 21 heavy (non-hydrogen) atoms. The van der Waals surface area contributed by atoms with Crippen molar-refractivity contribution in [1.82, 2.24) is 4.98 Å². The fourth-order valence-electron chi connectivity index (χ4n) is 1.22. The molecule has 0 saturated heterocycles. The van der Waals surface area contributed by atoms with Gasteiger partial charge in [-0.1, -0.05) is 0 Å². The Bertz CT molecular complexity index is 600. The van der Waals surface area contributed by atoms with Crippen LogP contribution in [-0.2, 0) is 6.18 Å². The van der Waals surface area contributed by atoms with Gasteiger partial charge in [-0.15, -0.1) is 13.2 Å². The van der Waals surface area contributed by atoms with Gasteiger partial charge in [0.2, 0.25) is 0 Å². The SMILES string of the molecule is O=C(Cl)c1c([N+](=O)[O-])ncc(C(F)(F)F)c1OC(F)(F)F. The fraction of sp³-hybridized carbons (Fsp3) is 0.250. The van der Waals surface area contributed by atoms with E-state index in [4.69, 9.17) is 11.6 Å². The second-order valence-electron chi connectivity index (χ2n) is 3.28. The molecule has 0 atom stereocenters. The maximum atomic E-state index is 12.6. The van der Waals surface area contributed by atoms with Crippen LogP contribution < -0.4 is 4.74 Å². The molecule has 6 nitrogen and oxygen atoms in total. The van der Waals surface area contributed by atoms with Crippen LogP contribution in [0.3, 0.4) is 0 Å². The number of ether oxygens (including phenoxy) is 1. The zero-order chi connectivity index (χ0) is 16.6. The molecule has 0 radical (unpaired) electrons. The molecule has 0 aliphatic rings. The second-order valence-corrected chi connectivity index (χ2v) is 3.62. The standard InChI is InChI=1S/C8HClF6N2O4/c9-5(18)3-4(21-8(13,14)15)2(7(10,11)12)1-16-6(3)17(19)20/h1H. The molecule has 0 fully saturated rings. The van der Waals surface area contributed by atoms with E-state index in [0.29, 0.717) is 0 Å². The molecule has 0 aromatic carbocycles. The van der Waals surface area contributed by atoms with Gasteiger partial charge in [-0.25, -0.2) is 0 Å². The van der Waals surface area contributed by atoms with Crippen molar-refractivity contribution in [2.45, 2.75) is 12.5 Å². The minimum absolute atomic E-state index is 0.261. The van der Waals surface area contributed by atoms with Crippen molar-refractivity contribution in [2.75, 3.05) is 0 Å². The Hall–Kier alpha value is -2.11. The van der Waals surface area contributed by atoms with Gasteiger partial charge < -0.3 is 14.9 Å². The molecule has 1 aromatic heterocycles. The first-order chi connectivity index (χ1) is 9.34. The number of rotatable bonds is 3. The summed E-state index contributed by atoms with van der Waals surface area (Å²) in [4.78, 5) is 22.7. The van der Waals surface area contributed by atoms with E-state index >= 15 is 0 Å². The Labute approximate surface area is 115 Å². The molecule has 0 bridgehead atoms. The van der Waals surface area contributed by atoms with Crippen molar-refractivity contribution in [1.29, 1.82) is 0 Å². The van der Waals surface area contributed by atoms with Gasteiger partial charge in [0.15, 0.2) is 17.5 Å². The summed E-state index contributed by atoms with van der Waals surface area (Å²) >= 11 is 4.81. The maximum Gasteiger partial charge on any atom is 0.573 e. The lowest BCUT2D eigenvalue weighted by atomic mass is 10.1. The maximum absolute atomic E-state index is 12.6. The lowest BCUT2D eigenvalue weighted by Gasteiger charge is -2.15. The lowest BCUT2D eigenvalue weighted by molar-refractivity contribution is -0.390. The fourth-order valence-corrected chi connectivity index (χ4v) is 1.39. The zero-order valence-corrected chi connectivity index (χ0v) is 10.0. The predicted molar refractivity (Wildman–Crippen MR) is 52.8 cm³/mol. The number of nitrogens with zero attached hydrogens (tertiary/aromatic N) is 2. The van der Waals surface area contributed by atoms with Crippen LogP contribution in [0, 0.1) is 10.1 Å². The summed E-state index contributed by atoms with van der Waals surface area (Å²) in [7, 11) is 0. The predicted octanol–water partition coefficient (Wildman–Crippen LogP) is 3.29. The van der Waals surface area contributed by atoms with Crippen LogP contribution in [0.2, 0.25) is 0 Å². The second kappa shape index (κ2) is 5.35. The topological polar surface area (TPSA) is 82.3 Å². The van der Waals surface area contributed by atoms with E-state index in [0.717, 1.165) is 0 Å². The van der Waals surface area contributed by atoms with Gasteiger partial charge in [0.1, 0.15) is 5.56 Å². The molecular weight excluding hydrogens is 338 g/mol. The van der Waals surface area contributed by atoms with Crippen LogP contribution in [-0.4, -0.2) is 21.5 Å². The minimum Gasteiger partial charge on any atom is -0.404 e. The Morgan fingerprint density at radius 2 is 1.81 bits per heavy atom. The van der Waals surface area contributed by atoms with Gasteiger partial charge in [0.05, 0.1) is 0 Å². The highest BCUT2D eigenvalue weighted by molar-refractivity contribution is 6.68. The lowest BCUT2D eigenvalue weighted by Crippen LogP contribution is -2.23. The number of nitro groups is 1. The number of carbonyl (C=O) groups is 1. The van der Waals surface area contributed by atoms with Crippen molar-refractivity contribution in [3.63, 3.8) is 0 Å².